The molecule has 0 atom stereocenters. The van der Waals surface area contributed by atoms with Crippen molar-refractivity contribution in [3.05, 3.63) is 71.9 Å². The van der Waals surface area contributed by atoms with E-state index in [9.17, 15) is 4.79 Å². The Morgan fingerprint density at radius 1 is 1.08 bits per heavy atom. The van der Waals surface area contributed by atoms with Crippen molar-refractivity contribution >= 4 is 11.7 Å². The van der Waals surface area contributed by atoms with E-state index < -0.39 is 0 Å². The summed E-state index contributed by atoms with van der Waals surface area (Å²) in [7, 11) is 3.84. The Labute approximate surface area is 140 Å². The van der Waals surface area contributed by atoms with Crippen LogP contribution in [0.1, 0.15) is 16.1 Å². The van der Waals surface area contributed by atoms with Gasteiger partial charge in [-0.3, -0.25) is 0 Å². The van der Waals surface area contributed by atoms with Crippen molar-refractivity contribution in [2.75, 3.05) is 19.0 Å². The second kappa shape index (κ2) is 7.00. The average Bonchev–Trinajstić information content (AvgIpc) is 3.09. The van der Waals surface area contributed by atoms with E-state index in [1.807, 2.05) is 61.5 Å². The smallest absolute Gasteiger partial charge is 0.338 e. The minimum absolute atomic E-state index is 0.0708. The fraction of sp³-hybridized carbons (Fsp3) is 0.158. The quantitative estimate of drug-likeness (QED) is 0.669. The first-order valence-electron chi connectivity index (χ1n) is 7.59. The number of benzene rings is 2. The Balaban J connectivity index is 1.65. The van der Waals surface area contributed by atoms with Gasteiger partial charge in [0.2, 0.25) is 0 Å². The molecule has 1 heterocycles. The molecule has 0 aliphatic heterocycles. The largest absolute Gasteiger partial charge is 0.455 e. The molecule has 24 heavy (non-hydrogen) atoms. The molecular formula is C19H18N2O3. The van der Waals surface area contributed by atoms with Crippen molar-refractivity contribution in [3.63, 3.8) is 0 Å². The maximum absolute atomic E-state index is 12.2. The Hall–Kier alpha value is -3.08. The van der Waals surface area contributed by atoms with Crippen LogP contribution in [0.4, 0.5) is 5.69 Å². The zero-order valence-corrected chi connectivity index (χ0v) is 13.6. The van der Waals surface area contributed by atoms with Crippen molar-refractivity contribution < 1.29 is 14.1 Å². The van der Waals surface area contributed by atoms with Gasteiger partial charge in [0.15, 0.2) is 5.76 Å². The van der Waals surface area contributed by atoms with E-state index in [0.29, 0.717) is 17.0 Å². The molecule has 0 N–H and O–H groups in total. The molecule has 0 aliphatic carbocycles. The number of carbonyl (C=O) groups is 1. The fourth-order valence-electron chi connectivity index (χ4n) is 2.25. The van der Waals surface area contributed by atoms with Gasteiger partial charge in [-0.2, -0.15) is 0 Å². The van der Waals surface area contributed by atoms with Crippen LogP contribution in [0.2, 0.25) is 0 Å². The SMILES string of the molecule is CN(C)c1cccc(C(=O)OCc2cc(-c3ccccc3)on2)c1. The number of hydrogen-bond donors (Lipinski definition) is 0. The number of carbonyl (C=O) groups excluding carboxylic acids is 1. The highest BCUT2D eigenvalue weighted by atomic mass is 16.5. The number of nitrogens with zero attached hydrogens (tertiary/aromatic N) is 2. The van der Waals surface area contributed by atoms with Crippen LogP contribution in [-0.2, 0) is 11.3 Å². The highest BCUT2D eigenvalue weighted by Gasteiger charge is 2.11. The topological polar surface area (TPSA) is 55.6 Å². The lowest BCUT2D eigenvalue weighted by molar-refractivity contribution is 0.0464. The third kappa shape index (κ3) is 3.63. The average molecular weight is 322 g/mol. The second-order valence-electron chi connectivity index (χ2n) is 5.57. The van der Waals surface area contributed by atoms with Gasteiger partial charge in [0.25, 0.3) is 0 Å². The summed E-state index contributed by atoms with van der Waals surface area (Å²) in [6.45, 7) is 0.0708. The summed E-state index contributed by atoms with van der Waals surface area (Å²) < 4.78 is 10.6. The molecule has 5 heteroatoms. The lowest BCUT2D eigenvalue weighted by atomic mass is 10.2. The molecule has 1 aromatic heterocycles. The summed E-state index contributed by atoms with van der Waals surface area (Å²) in [5.41, 5.74) is 2.96. The Morgan fingerprint density at radius 3 is 2.62 bits per heavy atom. The lowest BCUT2D eigenvalue weighted by Crippen LogP contribution is -2.11. The molecule has 0 saturated heterocycles. The van der Waals surface area contributed by atoms with Gasteiger partial charge in [-0.05, 0) is 18.2 Å². The predicted octanol–water partition coefficient (Wildman–Crippen LogP) is 3.76. The van der Waals surface area contributed by atoms with Gasteiger partial charge >= 0.3 is 5.97 Å². The molecular weight excluding hydrogens is 304 g/mol. The summed E-state index contributed by atoms with van der Waals surface area (Å²) in [6.07, 6.45) is 0. The number of esters is 1. The number of ether oxygens (including phenoxy) is 1. The highest BCUT2D eigenvalue weighted by molar-refractivity contribution is 5.90. The van der Waals surface area contributed by atoms with E-state index in [4.69, 9.17) is 9.26 Å². The van der Waals surface area contributed by atoms with Gasteiger partial charge in [-0.1, -0.05) is 41.6 Å². The Morgan fingerprint density at radius 2 is 1.88 bits per heavy atom. The first kappa shape index (κ1) is 15.8. The Kier molecular flexibility index (Phi) is 4.61. The van der Waals surface area contributed by atoms with Gasteiger partial charge in [-0.15, -0.1) is 0 Å². The van der Waals surface area contributed by atoms with Crippen molar-refractivity contribution in [2.45, 2.75) is 6.61 Å². The summed E-state index contributed by atoms with van der Waals surface area (Å²) in [5.74, 6) is 0.263. The van der Waals surface area contributed by atoms with Crippen LogP contribution in [0.5, 0.6) is 0 Å². The van der Waals surface area contributed by atoms with E-state index >= 15 is 0 Å². The molecule has 2 aromatic carbocycles. The van der Waals surface area contributed by atoms with E-state index in [0.717, 1.165) is 11.3 Å². The minimum Gasteiger partial charge on any atom is -0.455 e. The van der Waals surface area contributed by atoms with E-state index in [1.54, 1.807) is 18.2 Å². The standard InChI is InChI=1S/C19H18N2O3/c1-21(2)17-10-6-9-15(11-17)19(22)23-13-16-12-18(24-20-16)14-7-4-3-5-8-14/h3-12H,13H2,1-2H3. The van der Waals surface area contributed by atoms with Crippen molar-refractivity contribution in [2.24, 2.45) is 0 Å². The maximum Gasteiger partial charge on any atom is 0.338 e. The number of rotatable bonds is 5. The van der Waals surface area contributed by atoms with Crippen molar-refractivity contribution in [3.8, 4) is 11.3 Å². The molecule has 3 rings (SSSR count). The third-order valence-electron chi connectivity index (χ3n) is 3.57. The third-order valence-corrected chi connectivity index (χ3v) is 3.57. The van der Waals surface area contributed by atoms with Crippen LogP contribution >= 0.6 is 0 Å². The molecule has 0 aliphatic rings. The number of hydrogen-bond acceptors (Lipinski definition) is 5. The molecule has 0 radical (unpaired) electrons. The zero-order valence-electron chi connectivity index (χ0n) is 13.6. The number of aromatic nitrogens is 1. The molecule has 3 aromatic rings. The molecule has 0 saturated carbocycles. The van der Waals surface area contributed by atoms with Gasteiger partial charge in [-0.25, -0.2) is 4.79 Å². The highest BCUT2D eigenvalue weighted by Crippen LogP contribution is 2.20. The van der Waals surface area contributed by atoms with E-state index in [2.05, 4.69) is 5.16 Å². The van der Waals surface area contributed by atoms with Crippen LogP contribution in [0.25, 0.3) is 11.3 Å². The van der Waals surface area contributed by atoms with Crippen LogP contribution in [-0.4, -0.2) is 25.2 Å². The van der Waals surface area contributed by atoms with Crippen LogP contribution in [0.15, 0.2) is 65.2 Å². The summed E-state index contributed by atoms with van der Waals surface area (Å²) in [5, 5.41) is 3.94. The molecule has 122 valence electrons. The molecule has 0 spiro atoms. The fourth-order valence-corrected chi connectivity index (χ4v) is 2.25. The van der Waals surface area contributed by atoms with Crippen molar-refractivity contribution in [1.29, 1.82) is 0 Å². The minimum atomic E-state index is -0.386. The van der Waals surface area contributed by atoms with Crippen LogP contribution in [0, 0.1) is 0 Å². The van der Waals surface area contributed by atoms with Gasteiger partial charge < -0.3 is 14.2 Å². The van der Waals surface area contributed by atoms with Gasteiger partial charge in [0.1, 0.15) is 12.3 Å². The molecule has 0 bridgehead atoms. The van der Waals surface area contributed by atoms with E-state index in [1.165, 1.54) is 0 Å². The second-order valence-corrected chi connectivity index (χ2v) is 5.57. The summed E-state index contributed by atoms with van der Waals surface area (Å²) in [4.78, 5) is 14.1. The number of anilines is 1. The monoisotopic (exact) mass is 322 g/mol. The lowest BCUT2D eigenvalue weighted by Gasteiger charge is -2.13. The molecule has 5 nitrogen and oxygen atoms in total. The van der Waals surface area contributed by atoms with Crippen LogP contribution in [0.3, 0.4) is 0 Å². The zero-order chi connectivity index (χ0) is 16.9. The summed E-state index contributed by atoms with van der Waals surface area (Å²) >= 11 is 0. The van der Waals surface area contributed by atoms with Crippen LogP contribution < -0.4 is 4.90 Å². The summed E-state index contributed by atoms with van der Waals surface area (Å²) in [6, 6.07) is 18.7. The predicted molar refractivity (Wildman–Crippen MR) is 91.8 cm³/mol. The molecule has 0 amide bonds. The van der Waals surface area contributed by atoms with Gasteiger partial charge in [0, 0.05) is 31.4 Å². The van der Waals surface area contributed by atoms with E-state index in [-0.39, 0.29) is 12.6 Å². The van der Waals surface area contributed by atoms with Crippen molar-refractivity contribution in [1.82, 2.24) is 5.16 Å². The normalized spacial score (nSPS) is 10.4. The van der Waals surface area contributed by atoms with Gasteiger partial charge in [0.05, 0.1) is 5.56 Å². The molecule has 0 fully saturated rings. The molecule has 0 unspecified atom stereocenters. The first-order chi connectivity index (χ1) is 11.6. The first-order valence-corrected chi connectivity index (χ1v) is 7.59. The maximum atomic E-state index is 12.2. The Bertz CT molecular complexity index is 825.